The number of hydrogen-bond donors (Lipinski definition) is 1. The van der Waals surface area contributed by atoms with Gasteiger partial charge in [0.2, 0.25) is 0 Å². The van der Waals surface area contributed by atoms with Crippen LogP contribution in [0.2, 0.25) is 0 Å². The molecule has 3 aromatic rings. The van der Waals surface area contributed by atoms with Crippen molar-refractivity contribution in [3.05, 3.63) is 70.6 Å². The van der Waals surface area contributed by atoms with Crippen molar-refractivity contribution in [2.24, 2.45) is 0 Å². The van der Waals surface area contributed by atoms with E-state index >= 15 is 0 Å². The summed E-state index contributed by atoms with van der Waals surface area (Å²) in [6.07, 6.45) is 0. The van der Waals surface area contributed by atoms with Gasteiger partial charge in [0.05, 0.1) is 23.9 Å². The quantitative estimate of drug-likeness (QED) is 0.667. The fraction of sp³-hybridized carbons (Fsp3) is 0.227. The van der Waals surface area contributed by atoms with Gasteiger partial charge in [0.1, 0.15) is 17.3 Å². The molecule has 0 atom stereocenters. The van der Waals surface area contributed by atoms with Crippen LogP contribution < -0.4 is 10.1 Å². The Morgan fingerprint density at radius 1 is 1.17 bits per heavy atom. The predicted octanol–water partition coefficient (Wildman–Crippen LogP) is 4.93. The van der Waals surface area contributed by atoms with Crippen molar-refractivity contribution in [1.29, 1.82) is 5.26 Å². The van der Waals surface area contributed by atoms with Crippen LogP contribution in [0.1, 0.15) is 28.1 Å². The van der Waals surface area contributed by atoms with E-state index in [-0.39, 0.29) is 6.03 Å². The number of hydrogen-bond acceptors (Lipinski definition) is 5. The summed E-state index contributed by atoms with van der Waals surface area (Å²) < 4.78 is 11.0. The van der Waals surface area contributed by atoms with Crippen molar-refractivity contribution in [2.45, 2.75) is 27.3 Å². The molecule has 1 aromatic heterocycles. The van der Waals surface area contributed by atoms with Crippen LogP contribution >= 0.6 is 0 Å². The standard InChI is InChI=1S/C22H22N4O3/c1-14-11-19(28-18-7-5-17(12-23)6-8-18)9-10-21(14)24-22(27)26(4)13-20-15(2)25-29-16(20)3/h5-11H,13H2,1-4H3,(H,24,27). The number of nitrogens with one attached hydrogen (secondary N) is 1. The summed E-state index contributed by atoms with van der Waals surface area (Å²) in [6, 6.07) is 14.2. The molecule has 0 saturated heterocycles. The average Bonchev–Trinajstić information content (AvgIpc) is 3.02. The van der Waals surface area contributed by atoms with E-state index in [9.17, 15) is 4.79 Å². The van der Waals surface area contributed by atoms with Crippen molar-refractivity contribution < 1.29 is 14.1 Å². The predicted molar refractivity (Wildman–Crippen MR) is 109 cm³/mol. The Balaban J connectivity index is 1.65. The van der Waals surface area contributed by atoms with Gasteiger partial charge in [-0.3, -0.25) is 0 Å². The molecular formula is C22H22N4O3. The number of anilines is 1. The Kier molecular flexibility index (Phi) is 5.84. The van der Waals surface area contributed by atoms with Crippen LogP contribution in [0.4, 0.5) is 10.5 Å². The molecule has 0 spiro atoms. The molecule has 7 heteroatoms. The van der Waals surface area contributed by atoms with E-state index < -0.39 is 0 Å². The zero-order valence-electron chi connectivity index (χ0n) is 16.8. The first-order valence-electron chi connectivity index (χ1n) is 9.10. The summed E-state index contributed by atoms with van der Waals surface area (Å²) in [7, 11) is 1.72. The SMILES string of the molecule is Cc1cc(Oc2ccc(C#N)cc2)ccc1NC(=O)N(C)Cc1c(C)noc1C. The van der Waals surface area contributed by atoms with Crippen LogP contribution in [0.25, 0.3) is 0 Å². The topological polar surface area (TPSA) is 91.4 Å². The Morgan fingerprint density at radius 2 is 1.86 bits per heavy atom. The van der Waals surface area contributed by atoms with Gasteiger partial charge < -0.3 is 19.5 Å². The van der Waals surface area contributed by atoms with E-state index in [1.807, 2.05) is 26.8 Å². The van der Waals surface area contributed by atoms with Gasteiger partial charge in [-0.25, -0.2) is 4.79 Å². The van der Waals surface area contributed by atoms with Gasteiger partial charge in [-0.2, -0.15) is 5.26 Å². The highest BCUT2D eigenvalue weighted by Gasteiger charge is 2.16. The molecule has 1 N–H and O–H groups in total. The van der Waals surface area contributed by atoms with Crippen LogP contribution in [0.5, 0.6) is 11.5 Å². The van der Waals surface area contributed by atoms with Gasteiger partial charge in [-0.1, -0.05) is 5.16 Å². The number of carbonyl (C=O) groups excluding carboxylic acids is 1. The smallest absolute Gasteiger partial charge is 0.321 e. The van der Waals surface area contributed by atoms with Gasteiger partial charge in [0.15, 0.2) is 0 Å². The van der Waals surface area contributed by atoms with Gasteiger partial charge in [-0.05, 0) is 68.8 Å². The number of rotatable bonds is 5. The second-order valence-electron chi connectivity index (χ2n) is 6.80. The van der Waals surface area contributed by atoms with Crippen LogP contribution in [0.3, 0.4) is 0 Å². The average molecular weight is 390 g/mol. The van der Waals surface area contributed by atoms with Crippen molar-refractivity contribution in [1.82, 2.24) is 10.1 Å². The minimum atomic E-state index is -0.228. The molecule has 2 aromatic carbocycles. The Morgan fingerprint density at radius 3 is 2.45 bits per heavy atom. The van der Waals surface area contributed by atoms with E-state index in [2.05, 4.69) is 16.5 Å². The molecule has 0 radical (unpaired) electrons. The normalized spacial score (nSPS) is 10.3. The first-order valence-corrected chi connectivity index (χ1v) is 9.10. The Bertz CT molecular complexity index is 1050. The van der Waals surface area contributed by atoms with Crippen molar-refractivity contribution >= 4 is 11.7 Å². The minimum absolute atomic E-state index is 0.228. The molecule has 0 aliphatic rings. The summed E-state index contributed by atoms with van der Waals surface area (Å²) in [5, 5.41) is 15.7. The van der Waals surface area contributed by atoms with Gasteiger partial charge in [-0.15, -0.1) is 0 Å². The summed E-state index contributed by atoms with van der Waals surface area (Å²) >= 11 is 0. The molecular weight excluding hydrogens is 368 g/mol. The van der Waals surface area contributed by atoms with E-state index in [0.717, 1.165) is 16.8 Å². The Labute approximate surface area is 169 Å². The number of aromatic nitrogens is 1. The first-order chi connectivity index (χ1) is 13.9. The summed E-state index contributed by atoms with van der Waals surface area (Å²) in [4.78, 5) is 14.1. The molecule has 0 fully saturated rings. The minimum Gasteiger partial charge on any atom is -0.457 e. The number of urea groups is 1. The molecule has 0 bridgehead atoms. The number of aryl methyl sites for hydroxylation is 3. The number of nitriles is 1. The molecule has 0 saturated carbocycles. The van der Waals surface area contributed by atoms with E-state index in [4.69, 9.17) is 14.5 Å². The van der Waals surface area contributed by atoms with E-state index in [1.165, 1.54) is 0 Å². The maximum atomic E-state index is 12.6. The Hall–Kier alpha value is -3.79. The highest BCUT2D eigenvalue weighted by Crippen LogP contribution is 2.26. The second kappa shape index (κ2) is 8.48. The van der Waals surface area contributed by atoms with Gasteiger partial charge >= 0.3 is 6.03 Å². The summed E-state index contributed by atoms with van der Waals surface area (Å²) in [5.41, 5.74) is 3.84. The van der Waals surface area contributed by atoms with Crippen molar-refractivity contribution in [3.8, 4) is 17.6 Å². The maximum absolute atomic E-state index is 12.6. The fourth-order valence-corrected chi connectivity index (χ4v) is 2.82. The number of ether oxygens (including phenoxy) is 1. The van der Waals surface area contributed by atoms with Crippen LogP contribution in [0.15, 0.2) is 47.0 Å². The fourth-order valence-electron chi connectivity index (χ4n) is 2.82. The third kappa shape index (κ3) is 4.74. The lowest BCUT2D eigenvalue weighted by Gasteiger charge is -2.19. The van der Waals surface area contributed by atoms with Crippen molar-refractivity contribution in [2.75, 3.05) is 12.4 Å². The second-order valence-corrected chi connectivity index (χ2v) is 6.80. The lowest BCUT2D eigenvalue weighted by atomic mass is 10.2. The van der Waals surface area contributed by atoms with E-state index in [1.54, 1.807) is 48.3 Å². The van der Waals surface area contributed by atoms with Crippen LogP contribution in [-0.2, 0) is 6.54 Å². The van der Waals surface area contributed by atoms with Gasteiger partial charge in [0, 0.05) is 18.3 Å². The summed E-state index contributed by atoms with van der Waals surface area (Å²) in [6.45, 7) is 5.99. The molecule has 1 heterocycles. The molecule has 0 aliphatic heterocycles. The lowest BCUT2D eigenvalue weighted by molar-refractivity contribution is 0.220. The highest BCUT2D eigenvalue weighted by molar-refractivity contribution is 5.90. The first kappa shape index (κ1) is 20.0. The van der Waals surface area contributed by atoms with Crippen LogP contribution in [0, 0.1) is 32.1 Å². The molecule has 0 aliphatic carbocycles. The van der Waals surface area contributed by atoms with Crippen molar-refractivity contribution in [3.63, 3.8) is 0 Å². The largest absolute Gasteiger partial charge is 0.457 e. The number of amides is 2. The maximum Gasteiger partial charge on any atom is 0.321 e. The molecule has 3 rings (SSSR count). The number of benzene rings is 2. The molecule has 7 nitrogen and oxygen atoms in total. The van der Waals surface area contributed by atoms with Crippen LogP contribution in [-0.4, -0.2) is 23.1 Å². The zero-order chi connectivity index (χ0) is 21.0. The molecule has 0 unspecified atom stereocenters. The number of nitrogens with zero attached hydrogens (tertiary/aromatic N) is 3. The zero-order valence-corrected chi connectivity index (χ0v) is 16.8. The monoisotopic (exact) mass is 390 g/mol. The molecule has 2 amide bonds. The lowest BCUT2D eigenvalue weighted by Crippen LogP contribution is -2.31. The summed E-state index contributed by atoms with van der Waals surface area (Å²) in [5.74, 6) is 2.00. The molecule has 29 heavy (non-hydrogen) atoms. The molecule has 148 valence electrons. The van der Waals surface area contributed by atoms with E-state index in [0.29, 0.717) is 35.1 Å². The number of carbonyl (C=O) groups is 1. The highest BCUT2D eigenvalue weighted by atomic mass is 16.5. The third-order valence-corrected chi connectivity index (χ3v) is 4.58. The third-order valence-electron chi connectivity index (χ3n) is 4.58. The van der Waals surface area contributed by atoms with Gasteiger partial charge in [0.25, 0.3) is 0 Å².